The Bertz CT molecular complexity index is 454. The van der Waals surface area contributed by atoms with E-state index in [-0.39, 0.29) is 6.61 Å². The van der Waals surface area contributed by atoms with Crippen LogP contribution in [0.25, 0.3) is 0 Å². The first kappa shape index (κ1) is 15.6. The van der Waals surface area contributed by atoms with Crippen molar-refractivity contribution < 1.29 is 23.8 Å². The fourth-order valence-corrected chi connectivity index (χ4v) is 1.38. The van der Waals surface area contributed by atoms with Crippen LogP contribution in [0.1, 0.15) is 6.92 Å². The first-order valence-corrected chi connectivity index (χ1v) is 6.02. The highest BCUT2D eigenvalue weighted by atomic mass is 16.5. The highest BCUT2D eigenvalue weighted by Crippen LogP contribution is 2.27. The third-order valence-electron chi connectivity index (χ3n) is 2.29. The molecule has 0 heterocycles. The number of nitrogens with one attached hydrogen (secondary N) is 2. The molecule has 3 amide bonds. The van der Waals surface area contributed by atoms with Crippen molar-refractivity contribution in [3.8, 4) is 17.2 Å². The lowest BCUT2D eigenvalue weighted by Gasteiger charge is -2.10. The van der Waals surface area contributed by atoms with Crippen LogP contribution in [0.15, 0.2) is 18.2 Å². The highest BCUT2D eigenvalue weighted by molar-refractivity contribution is 5.94. The molecule has 0 saturated heterocycles. The van der Waals surface area contributed by atoms with Gasteiger partial charge in [0.05, 0.1) is 14.2 Å². The van der Waals surface area contributed by atoms with E-state index in [0.29, 0.717) is 23.8 Å². The molecule has 7 heteroatoms. The van der Waals surface area contributed by atoms with Crippen LogP contribution in [-0.4, -0.2) is 39.3 Å². The quantitative estimate of drug-likeness (QED) is 0.810. The van der Waals surface area contributed by atoms with Crippen molar-refractivity contribution in [1.82, 2.24) is 10.6 Å². The molecule has 1 aromatic carbocycles. The molecule has 110 valence electrons. The van der Waals surface area contributed by atoms with Crippen LogP contribution in [0, 0.1) is 0 Å². The van der Waals surface area contributed by atoms with E-state index in [1.54, 1.807) is 25.1 Å². The summed E-state index contributed by atoms with van der Waals surface area (Å²) in [4.78, 5) is 22.6. The van der Waals surface area contributed by atoms with Crippen LogP contribution in [0.2, 0.25) is 0 Å². The average Bonchev–Trinajstić information content (AvgIpc) is 2.44. The molecule has 0 aliphatic carbocycles. The Kier molecular flexibility index (Phi) is 6.15. The van der Waals surface area contributed by atoms with Gasteiger partial charge in [-0.25, -0.2) is 4.79 Å². The number of amides is 3. The molecule has 20 heavy (non-hydrogen) atoms. The molecule has 2 N–H and O–H groups in total. The van der Waals surface area contributed by atoms with Gasteiger partial charge in [0.2, 0.25) is 0 Å². The number of urea groups is 1. The van der Waals surface area contributed by atoms with E-state index >= 15 is 0 Å². The largest absolute Gasteiger partial charge is 0.496 e. The molecule has 0 aromatic heterocycles. The van der Waals surface area contributed by atoms with E-state index in [1.165, 1.54) is 14.2 Å². The molecular weight excluding hydrogens is 264 g/mol. The number of imide groups is 1. The van der Waals surface area contributed by atoms with E-state index in [2.05, 4.69) is 10.6 Å². The van der Waals surface area contributed by atoms with E-state index in [1.807, 2.05) is 0 Å². The summed E-state index contributed by atoms with van der Waals surface area (Å²) in [6.45, 7) is 1.91. The minimum atomic E-state index is -0.552. The predicted octanol–water partition coefficient (Wildman–Crippen LogP) is 0.928. The molecule has 1 aromatic rings. The molecule has 0 fully saturated rings. The van der Waals surface area contributed by atoms with Crippen molar-refractivity contribution in [1.29, 1.82) is 0 Å². The van der Waals surface area contributed by atoms with Gasteiger partial charge in [-0.05, 0) is 6.92 Å². The summed E-state index contributed by atoms with van der Waals surface area (Å²) in [6, 6.07) is 4.36. The van der Waals surface area contributed by atoms with E-state index in [9.17, 15) is 9.59 Å². The third-order valence-corrected chi connectivity index (χ3v) is 2.29. The summed E-state index contributed by atoms with van der Waals surface area (Å²) < 4.78 is 15.4. The van der Waals surface area contributed by atoms with E-state index in [0.717, 1.165) is 0 Å². The zero-order valence-electron chi connectivity index (χ0n) is 11.7. The van der Waals surface area contributed by atoms with Gasteiger partial charge in [-0.15, -0.1) is 0 Å². The first-order chi connectivity index (χ1) is 9.58. The van der Waals surface area contributed by atoms with Gasteiger partial charge in [0.25, 0.3) is 5.91 Å². The van der Waals surface area contributed by atoms with E-state index in [4.69, 9.17) is 14.2 Å². The number of carbonyl (C=O) groups excluding carboxylic acids is 2. The Morgan fingerprint density at radius 1 is 1.05 bits per heavy atom. The molecule has 1 rings (SSSR count). The maximum Gasteiger partial charge on any atom is 0.321 e. The van der Waals surface area contributed by atoms with Gasteiger partial charge in [-0.3, -0.25) is 10.1 Å². The van der Waals surface area contributed by atoms with Crippen molar-refractivity contribution in [3.63, 3.8) is 0 Å². The van der Waals surface area contributed by atoms with Crippen molar-refractivity contribution in [3.05, 3.63) is 18.2 Å². The van der Waals surface area contributed by atoms with Crippen molar-refractivity contribution in [2.45, 2.75) is 6.92 Å². The van der Waals surface area contributed by atoms with Crippen LogP contribution in [-0.2, 0) is 4.79 Å². The number of ether oxygens (including phenoxy) is 3. The number of rotatable bonds is 6. The number of hydrogen-bond acceptors (Lipinski definition) is 5. The second-order valence-electron chi connectivity index (χ2n) is 3.74. The molecule has 0 atom stereocenters. The average molecular weight is 282 g/mol. The lowest BCUT2D eigenvalue weighted by Crippen LogP contribution is -2.41. The zero-order valence-corrected chi connectivity index (χ0v) is 11.7. The molecule has 0 radical (unpaired) electrons. The van der Waals surface area contributed by atoms with E-state index < -0.39 is 11.9 Å². The Morgan fingerprint density at radius 3 is 2.10 bits per heavy atom. The number of carbonyl (C=O) groups is 2. The van der Waals surface area contributed by atoms with Crippen LogP contribution in [0.5, 0.6) is 17.2 Å². The zero-order chi connectivity index (χ0) is 15.0. The Balaban J connectivity index is 2.56. The summed E-state index contributed by atoms with van der Waals surface area (Å²) in [5.74, 6) is 0.956. The summed E-state index contributed by atoms with van der Waals surface area (Å²) in [5, 5.41) is 4.58. The Labute approximate surface area is 117 Å². The van der Waals surface area contributed by atoms with Crippen molar-refractivity contribution in [2.24, 2.45) is 0 Å². The molecular formula is C13H18N2O5. The lowest BCUT2D eigenvalue weighted by atomic mass is 10.3. The van der Waals surface area contributed by atoms with Crippen LogP contribution < -0.4 is 24.8 Å². The molecule has 0 spiro atoms. The molecule has 7 nitrogen and oxygen atoms in total. The first-order valence-electron chi connectivity index (χ1n) is 6.02. The van der Waals surface area contributed by atoms with Gasteiger partial charge in [0.15, 0.2) is 6.61 Å². The minimum Gasteiger partial charge on any atom is -0.496 e. The SMILES string of the molecule is CCNC(=O)NC(=O)COc1cc(OC)cc(OC)c1. The monoisotopic (exact) mass is 282 g/mol. The summed E-state index contributed by atoms with van der Waals surface area (Å²) in [5.41, 5.74) is 0. The predicted molar refractivity (Wildman–Crippen MR) is 72.3 cm³/mol. The van der Waals surface area contributed by atoms with Gasteiger partial charge >= 0.3 is 6.03 Å². The van der Waals surface area contributed by atoms with Gasteiger partial charge in [-0.1, -0.05) is 0 Å². The second kappa shape index (κ2) is 7.88. The van der Waals surface area contributed by atoms with Gasteiger partial charge in [0, 0.05) is 24.7 Å². The summed E-state index contributed by atoms with van der Waals surface area (Å²) in [7, 11) is 3.03. The Morgan fingerprint density at radius 2 is 1.60 bits per heavy atom. The normalized spacial score (nSPS) is 9.55. The molecule has 0 aliphatic heterocycles. The topological polar surface area (TPSA) is 85.9 Å². The lowest BCUT2D eigenvalue weighted by molar-refractivity contribution is -0.122. The standard InChI is InChI=1S/C13H18N2O5/c1-4-14-13(17)15-12(16)8-20-11-6-9(18-2)5-10(7-11)19-3/h5-7H,4,8H2,1-3H3,(H2,14,15,16,17). The highest BCUT2D eigenvalue weighted by Gasteiger charge is 2.09. The molecule has 0 saturated carbocycles. The molecule has 0 unspecified atom stereocenters. The van der Waals surface area contributed by atoms with Crippen LogP contribution in [0.3, 0.4) is 0 Å². The number of hydrogen-bond donors (Lipinski definition) is 2. The smallest absolute Gasteiger partial charge is 0.321 e. The van der Waals surface area contributed by atoms with Crippen LogP contribution in [0.4, 0.5) is 4.79 Å². The van der Waals surface area contributed by atoms with Gasteiger partial charge in [0.1, 0.15) is 17.2 Å². The minimum absolute atomic E-state index is 0.284. The fourth-order valence-electron chi connectivity index (χ4n) is 1.38. The summed E-state index contributed by atoms with van der Waals surface area (Å²) >= 11 is 0. The molecule has 0 aliphatic rings. The Hall–Kier alpha value is -2.44. The van der Waals surface area contributed by atoms with Gasteiger partial charge in [-0.2, -0.15) is 0 Å². The maximum absolute atomic E-state index is 11.5. The summed E-state index contributed by atoms with van der Waals surface area (Å²) in [6.07, 6.45) is 0. The third kappa shape index (κ3) is 5.05. The van der Waals surface area contributed by atoms with Crippen molar-refractivity contribution in [2.75, 3.05) is 27.4 Å². The van der Waals surface area contributed by atoms with Crippen LogP contribution >= 0.6 is 0 Å². The van der Waals surface area contributed by atoms with Gasteiger partial charge < -0.3 is 19.5 Å². The number of benzene rings is 1. The second-order valence-corrected chi connectivity index (χ2v) is 3.74. The number of methoxy groups -OCH3 is 2. The maximum atomic E-state index is 11.5. The van der Waals surface area contributed by atoms with Crippen molar-refractivity contribution >= 4 is 11.9 Å². The fraction of sp³-hybridized carbons (Fsp3) is 0.385. The molecule has 0 bridgehead atoms.